The van der Waals surface area contributed by atoms with Crippen LogP contribution in [0.5, 0.6) is 0 Å². The zero-order chi connectivity index (χ0) is 17.2. The van der Waals surface area contributed by atoms with Crippen molar-refractivity contribution in [3.05, 3.63) is 35.9 Å². The van der Waals surface area contributed by atoms with Crippen LogP contribution in [-0.2, 0) is 11.3 Å². The van der Waals surface area contributed by atoms with E-state index in [1.54, 1.807) is 0 Å². The maximum atomic E-state index is 11.8. The third kappa shape index (κ3) is 6.20. The lowest BCUT2D eigenvalue weighted by atomic mass is 10.0. The van der Waals surface area contributed by atoms with Crippen molar-refractivity contribution >= 4 is 11.9 Å². The van der Waals surface area contributed by atoms with Crippen molar-refractivity contribution in [2.24, 2.45) is 0 Å². The Labute approximate surface area is 144 Å². The topological polar surface area (TPSA) is 73.5 Å². The highest BCUT2D eigenvalue weighted by Crippen LogP contribution is 2.19. The van der Waals surface area contributed by atoms with E-state index in [0.717, 1.165) is 19.5 Å². The Bertz CT molecular complexity index is 521. The Morgan fingerprint density at radius 2 is 1.92 bits per heavy atom. The van der Waals surface area contributed by atoms with Crippen molar-refractivity contribution < 1.29 is 9.59 Å². The predicted molar refractivity (Wildman–Crippen MR) is 94.6 cm³/mol. The van der Waals surface area contributed by atoms with Gasteiger partial charge in [0, 0.05) is 25.7 Å². The first-order valence-corrected chi connectivity index (χ1v) is 8.75. The highest BCUT2D eigenvalue weighted by Gasteiger charge is 2.22. The maximum Gasteiger partial charge on any atom is 0.315 e. The number of amides is 3. The molecule has 1 fully saturated rings. The molecule has 0 aromatic heterocycles. The average molecular weight is 332 g/mol. The van der Waals surface area contributed by atoms with Gasteiger partial charge in [0.05, 0.1) is 6.54 Å². The van der Waals surface area contributed by atoms with Crippen molar-refractivity contribution in [1.29, 1.82) is 0 Å². The highest BCUT2D eigenvalue weighted by molar-refractivity contribution is 5.83. The number of piperidine rings is 1. The summed E-state index contributed by atoms with van der Waals surface area (Å²) in [5, 5.41) is 8.14. The first-order valence-electron chi connectivity index (χ1n) is 8.75. The van der Waals surface area contributed by atoms with E-state index < -0.39 is 0 Å². The van der Waals surface area contributed by atoms with Crippen molar-refractivity contribution in [2.45, 2.75) is 38.8 Å². The number of nitrogens with one attached hydrogen (secondary N) is 3. The van der Waals surface area contributed by atoms with Gasteiger partial charge in [-0.1, -0.05) is 36.8 Å². The molecule has 6 nitrogen and oxygen atoms in total. The van der Waals surface area contributed by atoms with Gasteiger partial charge in [0.25, 0.3) is 0 Å². The van der Waals surface area contributed by atoms with Crippen LogP contribution in [0, 0.1) is 0 Å². The molecule has 6 heteroatoms. The van der Waals surface area contributed by atoms with Gasteiger partial charge in [-0.25, -0.2) is 4.79 Å². The van der Waals surface area contributed by atoms with Gasteiger partial charge >= 0.3 is 6.03 Å². The van der Waals surface area contributed by atoms with E-state index in [1.165, 1.54) is 18.4 Å². The van der Waals surface area contributed by atoms with Crippen LogP contribution in [0.15, 0.2) is 30.3 Å². The Hall–Kier alpha value is -2.08. The van der Waals surface area contributed by atoms with Gasteiger partial charge in [-0.05, 0) is 31.9 Å². The molecule has 0 saturated carbocycles. The van der Waals surface area contributed by atoms with Gasteiger partial charge in [-0.2, -0.15) is 0 Å². The Morgan fingerprint density at radius 3 is 2.67 bits per heavy atom. The lowest BCUT2D eigenvalue weighted by molar-refractivity contribution is -0.119. The Balaban J connectivity index is 1.76. The molecule has 3 N–H and O–H groups in total. The van der Waals surface area contributed by atoms with Gasteiger partial charge in [0.2, 0.25) is 5.91 Å². The SMILES string of the molecule is CCNC(=O)CNC(=O)NCC1CCCCN1Cc1ccccc1. The summed E-state index contributed by atoms with van der Waals surface area (Å²) in [6, 6.07) is 10.5. The number of carbonyl (C=O) groups excluding carboxylic acids is 2. The first kappa shape index (κ1) is 18.3. The van der Waals surface area contributed by atoms with E-state index in [2.05, 4.69) is 45.1 Å². The number of urea groups is 1. The molecule has 1 aliphatic heterocycles. The van der Waals surface area contributed by atoms with Gasteiger partial charge < -0.3 is 16.0 Å². The normalized spacial score (nSPS) is 18.0. The molecular weight excluding hydrogens is 304 g/mol. The molecule has 1 heterocycles. The number of hydrogen-bond acceptors (Lipinski definition) is 3. The molecule has 1 aromatic carbocycles. The van der Waals surface area contributed by atoms with Crippen LogP contribution in [0.4, 0.5) is 4.79 Å². The largest absolute Gasteiger partial charge is 0.355 e. The van der Waals surface area contributed by atoms with Crippen LogP contribution in [0.25, 0.3) is 0 Å². The molecule has 1 aliphatic rings. The smallest absolute Gasteiger partial charge is 0.315 e. The summed E-state index contributed by atoms with van der Waals surface area (Å²) in [4.78, 5) is 25.6. The maximum absolute atomic E-state index is 11.8. The molecule has 1 saturated heterocycles. The number of benzene rings is 1. The fraction of sp³-hybridized carbons (Fsp3) is 0.556. The monoisotopic (exact) mass is 332 g/mol. The lowest BCUT2D eigenvalue weighted by Gasteiger charge is -2.35. The zero-order valence-electron chi connectivity index (χ0n) is 14.4. The van der Waals surface area contributed by atoms with E-state index in [9.17, 15) is 9.59 Å². The van der Waals surface area contributed by atoms with E-state index in [0.29, 0.717) is 19.1 Å². The minimum atomic E-state index is -0.286. The van der Waals surface area contributed by atoms with E-state index >= 15 is 0 Å². The van der Waals surface area contributed by atoms with Crippen LogP contribution < -0.4 is 16.0 Å². The van der Waals surface area contributed by atoms with Crippen LogP contribution in [0.1, 0.15) is 31.7 Å². The molecule has 3 amide bonds. The minimum absolute atomic E-state index is 0.0120. The van der Waals surface area contributed by atoms with Crippen molar-refractivity contribution in [3.8, 4) is 0 Å². The van der Waals surface area contributed by atoms with Crippen LogP contribution in [0.3, 0.4) is 0 Å². The van der Waals surface area contributed by atoms with Crippen LogP contribution in [0.2, 0.25) is 0 Å². The fourth-order valence-corrected chi connectivity index (χ4v) is 3.01. The average Bonchev–Trinajstić information content (AvgIpc) is 2.60. The van der Waals surface area contributed by atoms with Gasteiger partial charge in [-0.3, -0.25) is 9.69 Å². The molecule has 132 valence electrons. The molecule has 2 rings (SSSR count). The molecule has 0 radical (unpaired) electrons. The summed E-state index contributed by atoms with van der Waals surface area (Å²) in [6.45, 7) is 5.00. The summed E-state index contributed by atoms with van der Waals surface area (Å²) >= 11 is 0. The van der Waals surface area contributed by atoms with Crippen molar-refractivity contribution in [2.75, 3.05) is 26.2 Å². The van der Waals surface area contributed by atoms with Crippen LogP contribution in [-0.4, -0.2) is 49.1 Å². The summed E-state index contributed by atoms with van der Waals surface area (Å²) in [5.74, 6) is -0.170. The molecule has 0 spiro atoms. The van der Waals surface area contributed by atoms with Crippen molar-refractivity contribution in [3.63, 3.8) is 0 Å². The first-order chi connectivity index (χ1) is 11.7. The molecular formula is C18H28N4O2. The highest BCUT2D eigenvalue weighted by atomic mass is 16.2. The molecule has 1 aromatic rings. The summed E-state index contributed by atoms with van der Waals surface area (Å²) in [6.07, 6.45) is 3.48. The number of carbonyl (C=O) groups is 2. The van der Waals surface area contributed by atoms with Gasteiger partial charge in [-0.15, -0.1) is 0 Å². The number of hydrogen-bond donors (Lipinski definition) is 3. The predicted octanol–water partition coefficient (Wildman–Crippen LogP) is 1.48. The second-order valence-electron chi connectivity index (χ2n) is 6.12. The van der Waals surface area contributed by atoms with Crippen molar-refractivity contribution in [1.82, 2.24) is 20.9 Å². The standard InChI is InChI=1S/C18H28N4O2/c1-2-19-17(23)13-21-18(24)20-12-16-10-6-7-11-22(16)14-15-8-4-3-5-9-15/h3-5,8-9,16H,2,6-7,10-14H2,1H3,(H,19,23)(H2,20,21,24). The summed E-state index contributed by atoms with van der Waals surface area (Å²) in [7, 11) is 0. The van der Waals surface area contributed by atoms with E-state index in [1.807, 2.05) is 13.0 Å². The molecule has 24 heavy (non-hydrogen) atoms. The second kappa shape index (κ2) is 9.93. The Morgan fingerprint density at radius 1 is 1.12 bits per heavy atom. The van der Waals surface area contributed by atoms with E-state index in [4.69, 9.17) is 0 Å². The van der Waals surface area contributed by atoms with Crippen LogP contribution >= 0.6 is 0 Å². The third-order valence-corrected chi connectivity index (χ3v) is 4.26. The number of likely N-dealkylation sites (tertiary alicyclic amines) is 1. The zero-order valence-corrected chi connectivity index (χ0v) is 14.4. The summed E-state index contributed by atoms with van der Waals surface area (Å²) in [5.41, 5.74) is 1.30. The lowest BCUT2D eigenvalue weighted by Crippen LogP contribution is -2.49. The number of likely N-dealkylation sites (N-methyl/N-ethyl adjacent to an activating group) is 1. The second-order valence-corrected chi connectivity index (χ2v) is 6.12. The van der Waals surface area contributed by atoms with Gasteiger partial charge in [0.15, 0.2) is 0 Å². The summed E-state index contributed by atoms with van der Waals surface area (Å²) < 4.78 is 0. The third-order valence-electron chi connectivity index (χ3n) is 4.26. The fourth-order valence-electron chi connectivity index (χ4n) is 3.01. The van der Waals surface area contributed by atoms with E-state index in [-0.39, 0.29) is 18.5 Å². The number of nitrogens with zero attached hydrogens (tertiary/aromatic N) is 1. The molecule has 0 bridgehead atoms. The molecule has 1 unspecified atom stereocenters. The molecule has 0 aliphatic carbocycles. The minimum Gasteiger partial charge on any atom is -0.355 e. The number of rotatable bonds is 7. The Kier molecular flexibility index (Phi) is 7.55. The van der Waals surface area contributed by atoms with Gasteiger partial charge in [0.1, 0.15) is 0 Å². The molecule has 1 atom stereocenters. The quantitative estimate of drug-likeness (QED) is 0.708.